The molecule has 0 amide bonds. The number of fused-ring (bicyclic) bond motifs is 4. The number of rotatable bonds is 4. The third-order valence-corrected chi connectivity index (χ3v) is 6.18. The van der Waals surface area contributed by atoms with Gasteiger partial charge in [-0.3, -0.25) is 9.88 Å². The first-order valence-electron chi connectivity index (χ1n) is 9.11. The van der Waals surface area contributed by atoms with E-state index in [2.05, 4.69) is 29.5 Å². The Kier molecular flexibility index (Phi) is 4.26. The van der Waals surface area contributed by atoms with Crippen LogP contribution in [0.5, 0.6) is 5.75 Å². The average molecular weight is 338 g/mol. The summed E-state index contributed by atoms with van der Waals surface area (Å²) in [5.41, 5.74) is 1.84. The summed E-state index contributed by atoms with van der Waals surface area (Å²) in [6, 6.07) is 8.46. The summed E-state index contributed by atoms with van der Waals surface area (Å²) in [5, 5.41) is 12.2. The summed E-state index contributed by atoms with van der Waals surface area (Å²) in [5.74, 6) is 1.97. The molecule has 0 saturated carbocycles. The summed E-state index contributed by atoms with van der Waals surface area (Å²) in [7, 11) is 1.66. The van der Waals surface area contributed by atoms with E-state index in [1.165, 1.54) is 6.42 Å². The molecule has 0 spiro atoms. The Balaban J connectivity index is 1.71. The predicted octanol–water partition coefficient (Wildman–Crippen LogP) is 3.56. The maximum absolute atomic E-state index is 11.3. The van der Waals surface area contributed by atoms with Gasteiger partial charge in [0.15, 0.2) is 0 Å². The highest BCUT2D eigenvalue weighted by molar-refractivity contribution is 5.83. The Bertz CT molecular complexity index is 791. The molecule has 4 nitrogen and oxygen atoms in total. The molecule has 0 aliphatic carbocycles. The minimum atomic E-state index is -0.520. The van der Waals surface area contributed by atoms with Crippen LogP contribution >= 0.6 is 0 Å². The normalized spacial score (nSPS) is 32.5. The van der Waals surface area contributed by atoms with E-state index in [4.69, 9.17) is 4.74 Å². The van der Waals surface area contributed by atoms with E-state index in [9.17, 15) is 5.11 Å². The zero-order chi connectivity index (χ0) is 17.6. The lowest BCUT2D eigenvalue weighted by atomic mass is 9.71. The molecule has 0 unspecified atom stereocenters. The molecule has 2 aromatic rings. The topological polar surface area (TPSA) is 45.6 Å². The Labute approximate surface area is 149 Å². The van der Waals surface area contributed by atoms with Crippen molar-refractivity contribution in [3.8, 4) is 5.75 Å². The van der Waals surface area contributed by atoms with E-state index in [1.54, 1.807) is 13.3 Å². The molecule has 0 radical (unpaired) electrons. The van der Waals surface area contributed by atoms with Gasteiger partial charge in [-0.1, -0.05) is 6.08 Å². The van der Waals surface area contributed by atoms with Gasteiger partial charge < -0.3 is 9.84 Å². The zero-order valence-electron chi connectivity index (χ0n) is 14.9. The summed E-state index contributed by atoms with van der Waals surface area (Å²) in [6.07, 6.45) is 5.59. The number of aliphatic hydroxyl groups excluding tert-OH is 1. The van der Waals surface area contributed by atoms with Crippen molar-refractivity contribution in [2.24, 2.45) is 11.8 Å². The van der Waals surface area contributed by atoms with Crippen molar-refractivity contribution in [2.45, 2.75) is 38.0 Å². The van der Waals surface area contributed by atoms with Crippen molar-refractivity contribution in [3.05, 3.63) is 48.7 Å². The van der Waals surface area contributed by atoms with Gasteiger partial charge in [-0.05, 0) is 61.4 Å². The fourth-order valence-electron chi connectivity index (χ4n) is 4.82. The number of hydrogen-bond acceptors (Lipinski definition) is 4. The van der Waals surface area contributed by atoms with Crippen LogP contribution in [0, 0.1) is 11.8 Å². The molecule has 4 heterocycles. The first-order chi connectivity index (χ1) is 12.1. The van der Waals surface area contributed by atoms with E-state index in [0.29, 0.717) is 17.9 Å². The first kappa shape index (κ1) is 16.6. The van der Waals surface area contributed by atoms with Gasteiger partial charge in [0.25, 0.3) is 0 Å². The van der Waals surface area contributed by atoms with Crippen molar-refractivity contribution in [3.63, 3.8) is 0 Å². The molecular weight excluding hydrogens is 312 g/mol. The summed E-state index contributed by atoms with van der Waals surface area (Å²) in [4.78, 5) is 6.92. The molecule has 1 aromatic heterocycles. The molecule has 3 aliphatic heterocycles. The molecular formula is C21H26N2O2. The quantitative estimate of drug-likeness (QED) is 0.866. The molecule has 1 aromatic carbocycles. The number of piperidine rings is 3. The van der Waals surface area contributed by atoms with Gasteiger partial charge in [0.1, 0.15) is 5.75 Å². The number of aromatic nitrogens is 1. The fraction of sp³-hybridized carbons (Fsp3) is 0.476. The van der Waals surface area contributed by atoms with Crippen LogP contribution < -0.4 is 4.74 Å². The molecule has 5 rings (SSSR count). The van der Waals surface area contributed by atoms with Crippen LogP contribution in [0.25, 0.3) is 10.9 Å². The van der Waals surface area contributed by atoms with E-state index < -0.39 is 6.10 Å². The highest BCUT2D eigenvalue weighted by atomic mass is 16.5. The van der Waals surface area contributed by atoms with Crippen molar-refractivity contribution >= 4 is 10.9 Å². The maximum Gasteiger partial charge on any atom is 0.119 e. The molecule has 25 heavy (non-hydrogen) atoms. The monoisotopic (exact) mass is 338 g/mol. The smallest absolute Gasteiger partial charge is 0.119 e. The number of nitrogens with zero attached hydrogens (tertiary/aromatic N) is 2. The van der Waals surface area contributed by atoms with Crippen LogP contribution in [0.3, 0.4) is 0 Å². The summed E-state index contributed by atoms with van der Waals surface area (Å²) < 4.78 is 5.37. The number of benzene rings is 1. The van der Waals surface area contributed by atoms with E-state index >= 15 is 0 Å². The Morgan fingerprint density at radius 3 is 2.92 bits per heavy atom. The number of ether oxygens (including phenoxy) is 1. The van der Waals surface area contributed by atoms with Crippen molar-refractivity contribution in [1.82, 2.24) is 9.88 Å². The molecule has 6 atom stereocenters. The minimum absolute atomic E-state index is 0.154. The predicted molar refractivity (Wildman–Crippen MR) is 99.6 cm³/mol. The Morgan fingerprint density at radius 2 is 2.20 bits per heavy atom. The van der Waals surface area contributed by atoms with Gasteiger partial charge >= 0.3 is 0 Å². The third-order valence-electron chi connectivity index (χ3n) is 6.18. The number of methoxy groups -OCH3 is 1. The lowest BCUT2D eigenvalue weighted by Crippen LogP contribution is -2.58. The zero-order valence-corrected chi connectivity index (χ0v) is 14.9. The average Bonchev–Trinajstić information content (AvgIpc) is 2.66. The highest BCUT2D eigenvalue weighted by Crippen LogP contribution is 2.44. The van der Waals surface area contributed by atoms with Crippen LogP contribution in [0.1, 0.15) is 31.4 Å². The molecule has 1 N–H and O–H groups in total. The maximum atomic E-state index is 11.3. The van der Waals surface area contributed by atoms with Crippen LogP contribution in [0.15, 0.2) is 43.1 Å². The van der Waals surface area contributed by atoms with Crippen molar-refractivity contribution in [2.75, 3.05) is 13.7 Å². The van der Waals surface area contributed by atoms with E-state index in [0.717, 1.165) is 35.2 Å². The Hall–Kier alpha value is -1.91. The number of pyridine rings is 1. The van der Waals surface area contributed by atoms with Gasteiger partial charge in [-0.2, -0.15) is 0 Å². The van der Waals surface area contributed by atoms with Crippen molar-refractivity contribution < 1.29 is 9.84 Å². The number of hydrogen-bond donors (Lipinski definition) is 1. The van der Waals surface area contributed by atoms with Crippen LogP contribution in [-0.4, -0.2) is 40.7 Å². The van der Waals surface area contributed by atoms with Gasteiger partial charge in [0.05, 0.1) is 18.7 Å². The van der Waals surface area contributed by atoms with Gasteiger partial charge in [0.2, 0.25) is 0 Å². The second kappa shape index (κ2) is 6.43. The first-order valence-corrected chi connectivity index (χ1v) is 9.11. The van der Waals surface area contributed by atoms with Gasteiger partial charge in [-0.25, -0.2) is 0 Å². The van der Waals surface area contributed by atoms with E-state index in [1.807, 2.05) is 24.3 Å². The molecule has 3 fully saturated rings. The molecule has 4 heteroatoms. The lowest BCUT2D eigenvalue weighted by molar-refractivity contribution is -0.0732. The fourth-order valence-corrected chi connectivity index (χ4v) is 4.82. The Morgan fingerprint density at radius 1 is 1.36 bits per heavy atom. The van der Waals surface area contributed by atoms with Crippen molar-refractivity contribution in [1.29, 1.82) is 0 Å². The molecule has 3 aliphatic rings. The highest BCUT2D eigenvalue weighted by Gasteiger charge is 2.45. The van der Waals surface area contributed by atoms with E-state index in [-0.39, 0.29) is 6.04 Å². The second-order valence-corrected chi connectivity index (χ2v) is 7.47. The standard InChI is InChI=1S/C21H26N2O2/c1-4-14-12-23-13(2)9-15(14)10-20(23)21(24)17-7-8-22-19-6-5-16(25-3)11-18(17)19/h4-8,11,13-15,20-21,24H,1,9-10,12H2,2-3H3/t13-,14+,15+,20-,21+/m0/s1. The summed E-state index contributed by atoms with van der Waals surface area (Å²) in [6.45, 7) is 7.28. The van der Waals surface area contributed by atoms with Gasteiger partial charge in [0, 0.05) is 30.2 Å². The van der Waals surface area contributed by atoms with Gasteiger partial charge in [-0.15, -0.1) is 6.58 Å². The van der Waals surface area contributed by atoms with Crippen LogP contribution in [0.2, 0.25) is 0 Å². The SMILES string of the molecule is C=C[C@@H]1C[N@@]2[C@@H](C)C[C@@H]1C[C@H]2[C@H](O)c1ccnc2ccc(OC)cc12. The van der Waals surface area contributed by atoms with Crippen LogP contribution in [0.4, 0.5) is 0 Å². The molecule has 2 bridgehead atoms. The number of aliphatic hydroxyl groups is 1. The van der Waals surface area contributed by atoms with Crippen LogP contribution in [-0.2, 0) is 0 Å². The minimum Gasteiger partial charge on any atom is -0.497 e. The molecule has 132 valence electrons. The second-order valence-electron chi connectivity index (χ2n) is 7.47. The summed E-state index contributed by atoms with van der Waals surface area (Å²) >= 11 is 0. The lowest BCUT2D eigenvalue weighted by Gasteiger charge is -2.54. The third kappa shape index (κ3) is 2.74. The molecule has 3 saturated heterocycles. The largest absolute Gasteiger partial charge is 0.497 e.